The van der Waals surface area contributed by atoms with Crippen LogP contribution in [0.25, 0.3) is 0 Å². The summed E-state index contributed by atoms with van der Waals surface area (Å²) >= 11 is 0. The van der Waals surface area contributed by atoms with Crippen molar-refractivity contribution in [2.75, 3.05) is 19.3 Å². The van der Waals surface area contributed by atoms with E-state index in [0.29, 0.717) is 6.54 Å². The second-order valence-corrected chi connectivity index (χ2v) is 7.27. The van der Waals surface area contributed by atoms with Crippen LogP contribution in [-0.2, 0) is 16.4 Å². The monoisotopic (exact) mass is 284 g/mol. The third-order valence-corrected chi connectivity index (χ3v) is 3.61. The van der Waals surface area contributed by atoms with Crippen molar-refractivity contribution >= 4 is 10.0 Å². The first-order chi connectivity index (χ1) is 8.79. The van der Waals surface area contributed by atoms with Gasteiger partial charge in [-0.05, 0) is 38.8 Å². The Hall–Kier alpha value is -0.910. The molecular weight excluding hydrogens is 260 g/mol. The lowest BCUT2D eigenvalue weighted by Gasteiger charge is -2.25. The van der Waals surface area contributed by atoms with Crippen molar-refractivity contribution in [1.29, 1.82) is 0 Å². The first-order valence-corrected chi connectivity index (χ1v) is 8.41. The minimum absolute atomic E-state index is 0.458. The quantitative estimate of drug-likeness (QED) is 0.712. The third kappa shape index (κ3) is 7.97. The summed E-state index contributed by atoms with van der Waals surface area (Å²) < 4.78 is 25.0. The molecule has 19 heavy (non-hydrogen) atoms. The van der Waals surface area contributed by atoms with E-state index in [1.54, 1.807) is 0 Å². The summed E-state index contributed by atoms with van der Waals surface area (Å²) in [6.07, 6.45) is 3.26. The van der Waals surface area contributed by atoms with Crippen LogP contribution in [0.4, 0.5) is 0 Å². The van der Waals surface area contributed by atoms with Crippen LogP contribution in [0.2, 0.25) is 0 Å². The summed E-state index contributed by atoms with van der Waals surface area (Å²) in [6, 6.07) is 10.3. The van der Waals surface area contributed by atoms with Crippen LogP contribution in [-0.4, -0.2) is 33.3 Å². The molecule has 0 aliphatic rings. The molecule has 0 saturated heterocycles. The molecule has 1 aromatic carbocycles. The predicted molar refractivity (Wildman–Crippen MR) is 79.7 cm³/mol. The maximum Gasteiger partial charge on any atom is 0.209 e. The molecule has 0 amide bonds. The second-order valence-electron chi connectivity index (χ2n) is 5.52. The number of sulfonamides is 1. The zero-order chi connectivity index (χ0) is 14.4. The zero-order valence-corrected chi connectivity index (χ0v) is 12.8. The van der Waals surface area contributed by atoms with Crippen molar-refractivity contribution in [2.24, 2.45) is 0 Å². The number of rotatable bonds is 8. The average molecular weight is 284 g/mol. The molecule has 108 valence electrons. The van der Waals surface area contributed by atoms with Crippen LogP contribution >= 0.6 is 0 Å². The van der Waals surface area contributed by atoms with Crippen molar-refractivity contribution in [1.82, 2.24) is 10.0 Å². The molecule has 0 aromatic heterocycles. The Morgan fingerprint density at radius 3 is 2.37 bits per heavy atom. The number of aryl methyl sites for hydroxylation is 1. The molecular formula is C14H24N2O2S. The number of hydrogen-bond donors (Lipinski definition) is 2. The molecule has 4 nitrogen and oxygen atoms in total. The van der Waals surface area contributed by atoms with Gasteiger partial charge in [0, 0.05) is 12.1 Å². The van der Waals surface area contributed by atoms with E-state index in [4.69, 9.17) is 0 Å². The van der Waals surface area contributed by atoms with Gasteiger partial charge in [0.05, 0.1) is 6.26 Å². The van der Waals surface area contributed by atoms with Gasteiger partial charge in [-0.2, -0.15) is 0 Å². The Morgan fingerprint density at radius 1 is 1.16 bits per heavy atom. The van der Waals surface area contributed by atoms with Crippen molar-refractivity contribution in [3.8, 4) is 0 Å². The highest BCUT2D eigenvalue weighted by atomic mass is 32.2. The molecule has 0 fully saturated rings. The molecule has 1 rings (SSSR count). The Balaban J connectivity index is 2.20. The molecule has 5 heteroatoms. The highest BCUT2D eigenvalue weighted by Gasteiger charge is 2.21. The molecule has 0 unspecified atom stereocenters. The molecule has 0 spiro atoms. The average Bonchev–Trinajstić information content (AvgIpc) is 2.26. The topological polar surface area (TPSA) is 58.2 Å². The van der Waals surface area contributed by atoms with E-state index in [1.807, 2.05) is 32.0 Å². The van der Waals surface area contributed by atoms with Gasteiger partial charge in [-0.15, -0.1) is 0 Å². The van der Waals surface area contributed by atoms with Crippen LogP contribution in [0.3, 0.4) is 0 Å². The van der Waals surface area contributed by atoms with Gasteiger partial charge in [-0.1, -0.05) is 30.3 Å². The Morgan fingerprint density at radius 2 is 1.79 bits per heavy atom. The van der Waals surface area contributed by atoms with E-state index in [9.17, 15) is 8.42 Å². The maximum absolute atomic E-state index is 11.2. The lowest BCUT2D eigenvalue weighted by Crippen LogP contribution is -2.50. The zero-order valence-electron chi connectivity index (χ0n) is 11.9. The van der Waals surface area contributed by atoms with Gasteiger partial charge in [0.1, 0.15) is 0 Å². The minimum Gasteiger partial charge on any atom is -0.315 e. The first kappa shape index (κ1) is 16.1. The van der Waals surface area contributed by atoms with Crippen LogP contribution in [0.5, 0.6) is 0 Å². The lowest BCUT2D eigenvalue weighted by atomic mass is 10.1. The molecule has 0 saturated carbocycles. The molecule has 0 aliphatic heterocycles. The van der Waals surface area contributed by atoms with Gasteiger partial charge < -0.3 is 5.32 Å². The summed E-state index contributed by atoms with van der Waals surface area (Å²) in [5, 5.41) is 3.29. The van der Waals surface area contributed by atoms with Gasteiger partial charge in [0.25, 0.3) is 0 Å². The fourth-order valence-corrected chi connectivity index (χ4v) is 3.08. The Kier molecular flexibility index (Phi) is 5.97. The predicted octanol–water partition coefficient (Wildman–Crippen LogP) is 1.54. The molecule has 2 N–H and O–H groups in total. The minimum atomic E-state index is -3.16. The van der Waals surface area contributed by atoms with E-state index >= 15 is 0 Å². The smallest absolute Gasteiger partial charge is 0.209 e. The van der Waals surface area contributed by atoms with E-state index in [1.165, 1.54) is 11.8 Å². The summed E-state index contributed by atoms with van der Waals surface area (Å²) in [6.45, 7) is 5.25. The first-order valence-electron chi connectivity index (χ1n) is 6.52. The van der Waals surface area contributed by atoms with Crippen LogP contribution in [0, 0.1) is 0 Å². The van der Waals surface area contributed by atoms with Crippen molar-refractivity contribution < 1.29 is 8.42 Å². The largest absolute Gasteiger partial charge is 0.315 e. The molecule has 1 aromatic rings. The normalized spacial score (nSPS) is 12.6. The van der Waals surface area contributed by atoms with Gasteiger partial charge in [-0.25, -0.2) is 13.1 Å². The van der Waals surface area contributed by atoms with Crippen molar-refractivity contribution in [3.05, 3.63) is 35.9 Å². The standard InChI is InChI=1S/C14H24N2O2S/c1-14(2,16-19(3,17)18)12-15-11-7-10-13-8-5-4-6-9-13/h4-6,8-9,15-16H,7,10-12H2,1-3H3. The van der Waals surface area contributed by atoms with Crippen molar-refractivity contribution in [2.45, 2.75) is 32.2 Å². The third-order valence-electron chi connectivity index (χ3n) is 2.69. The summed E-state index contributed by atoms with van der Waals surface area (Å²) in [5.74, 6) is 0. The fraction of sp³-hybridized carbons (Fsp3) is 0.571. The van der Waals surface area contributed by atoms with Gasteiger partial charge in [0.15, 0.2) is 0 Å². The lowest BCUT2D eigenvalue weighted by molar-refractivity contribution is 0.420. The molecule has 0 radical (unpaired) electrons. The summed E-state index contributed by atoms with van der Waals surface area (Å²) in [5.41, 5.74) is 0.873. The summed E-state index contributed by atoms with van der Waals surface area (Å²) in [7, 11) is -3.16. The van der Waals surface area contributed by atoms with Gasteiger partial charge in [0.2, 0.25) is 10.0 Å². The Labute approximate surface area is 116 Å². The van der Waals surface area contributed by atoms with Gasteiger partial charge >= 0.3 is 0 Å². The number of benzene rings is 1. The highest BCUT2D eigenvalue weighted by molar-refractivity contribution is 7.88. The molecule has 0 atom stereocenters. The fourth-order valence-electron chi connectivity index (χ4n) is 2.00. The van der Waals surface area contributed by atoms with Crippen LogP contribution in [0.1, 0.15) is 25.8 Å². The SMILES string of the molecule is CC(C)(CNCCCc1ccccc1)NS(C)(=O)=O. The van der Waals surface area contributed by atoms with Crippen LogP contribution < -0.4 is 10.0 Å². The van der Waals surface area contributed by atoms with Crippen LogP contribution in [0.15, 0.2) is 30.3 Å². The number of hydrogen-bond acceptors (Lipinski definition) is 3. The molecule has 0 bridgehead atoms. The Bertz CT molecular complexity index is 469. The highest BCUT2D eigenvalue weighted by Crippen LogP contribution is 2.03. The van der Waals surface area contributed by atoms with E-state index in [2.05, 4.69) is 22.2 Å². The van der Waals surface area contributed by atoms with E-state index in [0.717, 1.165) is 19.4 Å². The van der Waals surface area contributed by atoms with E-state index < -0.39 is 15.6 Å². The van der Waals surface area contributed by atoms with Crippen molar-refractivity contribution in [3.63, 3.8) is 0 Å². The molecule has 0 aliphatic carbocycles. The maximum atomic E-state index is 11.2. The van der Waals surface area contributed by atoms with Gasteiger partial charge in [-0.3, -0.25) is 0 Å². The van der Waals surface area contributed by atoms with E-state index in [-0.39, 0.29) is 0 Å². The summed E-state index contributed by atoms with van der Waals surface area (Å²) in [4.78, 5) is 0. The molecule has 0 heterocycles. The number of nitrogens with one attached hydrogen (secondary N) is 2. The second kappa shape index (κ2) is 7.03.